The van der Waals surface area contributed by atoms with Gasteiger partial charge in [0.15, 0.2) is 0 Å². The van der Waals surface area contributed by atoms with E-state index < -0.39 is 0 Å². The molecule has 2 aromatic rings. The van der Waals surface area contributed by atoms with Gasteiger partial charge < -0.3 is 15.1 Å². The number of benzene rings is 1. The Kier molecular flexibility index (Phi) is 4.74. The first kappa shape index (κ1) is 17.0. The number of carbonyl (C=O) groups excluding carboxylic acids is 2. The number of hydrogen-bond donors (Lipinski definition) is 1. The maximum Gasteiger partial charge on any atom is 0.253 e. The van der Waals surface area contributed by atoms with Gasteiger partial charge in [-0.05, 0) is 24.6 Å². The van der Waals surface area contributed by atoms with Crippen LogP contribution in [0.3, 0.4) is 0 Å². The molecule has 2 amide bonds. The molecule has 1 aromatic carbocycles. The summed E-state index contributed by atoms with van der Waals surface area (Å²) in [6, 6.07) is 6.92. The van der Waals surface area contributed by atoms with Crippen molar-refractivity contribution >= 4 is 17.5 Å². The summed E-state index contributed by atoms with van der Waals surface area (Å²) in [6.07, 6.45) is 4.69. The van der Waals surface area contributed by atoms with Crippen LogP contribution in [0.5, 0.6) is 0 Å². The van der Waals surface area contributed by atoms with Crippen LogP contribution in [0.2, 0.25) is 0 Å². The molecular formula is C18H23N5O2. The highest BCUT2D eigenvalue weighted by Crippen LogP contribution is 2.19. The van der Waals surface area contributed by atoms with Gasteiger partial charge in [-0.1, -0.05) is 6.07 Å². The van der Waals surface area contributed by atoms with Crippen LogP contribution in [0.1, 0.15) is 27.1 Å². The van der Waals surface area contributed by atoms with Gasteiger partial charge in [-0.2, -0.15) is 5.10 Å². The van der Waals surface area contributed by atoms with Gasteiger partial charge in [0.1, 0.15) is 0 Å². The molecular weight excluding hydrogens is 318 g/mol. The summed E-state index contributed by atoms with van der Waals surface area (Å²) < 4.78 is 1.77. The van der Waals surface area contributed by atoms with Crippen molar-refractivity contribution in [2.45, 2.75) is 12.5 Å². The summed E-state index contributed by atoms with van der Waals surface area (Å²) in [5.74, 6) is -0.260. The minimum absolute atomic E-state index is 0.0842. The largest absolute Gasteiger partial charge is 0.367 e. The Labute approximate surface area is 147 Å². The van der Waals surface area contributed by atoms with E-state index in [0.29, 0.717) is 11.1 Å². The van der Waals surface area contributed by atoms with E-state index in [1.807, 2.05) is 19.4 Å². The number of aryl methyl sites for hydroxylation is 1. The standard InChI is InChI=1S/C18H23N5O2/c1-21(2)18(25)14-6-4-5-13(9-14)17(24)20-15-7-8-23(11-15)16-10-19-22(3)12-16/h4-6,9-10,12,15H,7-8,11H2,1-3H3,(H,20,24). The highest BCUT2D eigenvalue weighted by atomic mass is 16.2. The van der Waals surface area contributed by atoms with Crippen LogP contribution >= 0.6 is 0 Å². The van der Waals surface area contributed by atoms with Gasteiger partial charge in [0.2, 0.25) is 0 Å². The highest BCUT2D eigenvalue weighted by molar-refractivity contribution is 5.99. The average molecular weight is 341 g/mol. The summed E-state index contributed by atoms with van der Waals surface area (Å²) in [5.41, 5.74) is 2.09. The number of aromatic nitrogens is 2. The number of amides is 2. The molecule has 1 aliphatic heterocycles. The molecule has 0 aliphatic carbocycles. The number of rotatable bonds is 4. The van der Waals surface area contributed by atoms with E-state index in [9.17, 15) is 9.59 Å². The van der Waals surface area contributed by atoms with Gasteiger partial charge >= 0.3 is 0 Å². The number of carbonyl (C=O) groups is 2. The number of nitrogens with one attached hydrogen (secondary N) is 1. The molecule has 1 aliphatic rings. The average Bonchev–Trinajstić information content (AvgIpc) is 3.23. The lowest BCUT2D eigenvalue weighted by molar-refractivity contribution is 0.0827. The number of anilines is 1. The van der Waals surface area contributed by atoms with Gasteiger partial charge in [0, 0.05) is 57.6 Å². The minimum atomic E-state index is -0.147. The zero-order valence-corrected chi connectivity index (χ0v) is 14.8. The van der Waals surface area contributed by atoms with Crippen molar-refractivity contribution < 1.29 is 9.59 Å². The molecule has 7 nitrogen and oxygen atoms in total. The first-order valence-corrected chi connectivity index (χ1v) is 8.30. The van der Waals surface area contributed by atoms with E-state index in [1.165, 1.54) is 4.90 Å². The fourth-order valence-electron chi connectivity index (χ4n) is 3.00. The highest BCUT2D eigenvalue weighted by Gasteiger charge is 2.25. The maximum absolute atomic E-state index is 12.5. The van der Waals surface area contributed by atoms with Crippen LogP contribution in [0.15, 0.2) is 36.7 Å². The molecule has 3 rings (SSSR count). The van der Waals surface area contributed by atoms with Crippen LogP contribution < -0.4 is 10.2 Å². The lowest BCUT2D eigenvalue weighted by Gasteiger charge is -2.17. The molecule has 1 aromatic heterocycles. The van der Waals surface area contributed by atoms with Gasteiger partial charge in [-0.25, -0.2) is 0 Å². The molecule has 0 saturated carbocycles. The summed E-state index contributed by atoms with van der Waals surface area (Å²) >= 11 is 0. The van der Waals surface area contributed by atoms with Crippen molar-refractivity contribution in [2.75, 3.05) is 32.1 Å². The predicted molar refractivity (Wildman–Crippen MR) is 95.8 cm³/mol. The molecule has 132 valence electrons. The van der Waals surface area contributed by atoms with Crippen LogP contribution in [0.4, 0.5) is 5.69 Å². The molecule has 0 radical (unpaired) electrons. The Morgan fingerprint density at radius 1 is 1.28 bits per heavy atom. The Balaban J connectivity index is 1.63. The quantitative estimate of drug-likeness (QED) is 0.905. The van der Waals surface area contributed by atoms with Crippen LogP contribution in [-0.2, 0) is 7.05 Å². The van der Waals surface area contributed by atoms with E-state index in [4.69, 9.17) is 0 Å². The monoisotopic (exact) mass is 341 g/mol. The molecule has 0 spiro atoms. The van der Waals surface area contributed by atoms with Crippen molar-refractivity contribution in [1.29, 1.82) is 0 Å². The Bertz CT molecular complexity index is 783. The number of nitrogens with zero attached hydrogens (tertiary/aromatic N) is 4. The fourth-order valence-corrected chi connectivity index (χ4v) is 3.00. The molecule has 1 atom stereocenters. The number of hydrogen-bond acceptors (Lipinski definition) is 4. The zero-order valence-electron chi connectivity index (χ0n) is 14.8. The van der Waals surface area contributed by atoms with E-state index in [-0.39, 0.29) is 17.9 Å². The first-order valence-electron chi connectivity index (χ1n) is 8.30. The van der Waals surface area contributed by atoms with Crippen molar-refractivity contribution in [3.63, 3.8) is 0 Å². The normalized spacial score (nSPS) is 16.8. The smallest absolute Gasteiger partial charge is 0.253 e. The van der Waals surface area contributed by atoms with Gasteiger partial charge in [0.25, 0.3) is 11.8 Å². The van der Waals surface area contributed by atoms with E-state index in [0.717, 1.165) is 25.2 Å². The third-order valence-corrected chi connectivity index (χ3v) is 4.36. The third-order valence-electron chi connectivity index (χ3n) is 4.36. The lowest BCUT2D eigenvalue weighted by atomic mass is 10.1. The summed E-state index contributed by atoms with van der Waals surface area (Å²) in [4.78, 5) is 28.3. The molecule has 0 bridgehead atoms. The minimum Gasteiger partial charge on any atom is -0.367 e. The Hall–Kier alpha value is -2.83. The van der Waals surface area contributed by atoms with Crippen molar-refractivity contribution in [2.24, 2.45) is 7.05 Å². The second-order valence-corrected chi connectivity index (χ2v) is 6.56. The van der Waals surface area contributed by atoms with Crippen LogP contribution in [-0.4, -0.2) is 59.7 Å². The molecule has 1 unspecified atom stereocenters. The van der Waals surface area contributed by atoms with Crippen molar-refractivity contribution in [3.8, 4) is 0 Å². The Morgan fingerprint density at radius 3 is 2.72 bits per heavy atom. The molecule has 1 saturated heterocycles. The van der Waals surface area contributed by atoms with E-state index in [2.05, 4.69) is 15.3 Å². The lowest BCUT2D eigenvalue weighted by Crippen LogP contribution is -2.37. The van der Waals surface area contributed by atoms with Gasteiger partial charge in [0.05, 0.1) is 11.9 Å². The summed E-state index contributed by atoms with van der Waals surface area (Å²) in [7, 11) is 5.28. The zero-order chi connectivity index (χ0) is 18.0. The summed E-state index contributed by atoms with van der Waals surface area (Å²) in [5, 5.41) is 7.25. The van der Waals surface area contributed by atoms with E-state index in [1.54, 1.807) is 43.0 Å². The fraction of sp³-hybridized carbons (Fsp3) is 0.389. The van der Waals surface area contributed by atoms with Crippen molar-refractivity contribution in [1.82, 2.24) is 20.0 Å². The second-order valence-electron chi connectivity index (χ2n) is 6.56. The van der Waals surface area contributed by atoms with E-state index >= 15 is 0 Å². The summed E-state index contributed by atoms with van der Waals surface area (Å²) in [6.45, 7) is 1.64. The Morgan fingerprint density at radius 2 is 2.04 bits per heavy atom. The maximum atomic E-state index is 12.5. The molecule has 7 heteroatoms. The molecule has 2 heterocycles. The van der Waals surface area contributed by atoms with Crippen LogP contribution in [0, 0.1) is 0 Å². The van der Waals surface area contributed by atoms with Gasteiger partial charge in [-0.3, -0.25) is 14.3 Å². The third kappa shape index (κ3) is 3.81. The van der Waals surface area contributed by atoms with Crippen molar-refractivity contribution in [3.05, 3.63) is 47.8 Å². The van der Waals surface area contributed by atoms with Crippen LogP contribution in [0.25, 0.3) is 0 Å². The van der Waals surface area contributed by atoms with Gasteiger partial charge in [-0.15, -0.1) is 0 Å². The molecule has 1 N–H and O–H groups in total. The second kappa shape index (κ2) is 6.96. The first-order chi connectivity index (χ1) is 11.9. The molecule has 1 fully saturated rings. The predicted octanol–water partition coefficient (Wildman–Crippen LogP) is 1.13. The topological polar surface area (TPSA) is 70.5 Å². The SMILES string of the molecule is CN(C)C(=O)c1cccc(C(=O)NC2CCN(c3cnn(C)c3)C2)c1. The molecule has 25 heavy (non-hydrogen) atoms.